The van der Waals surface area contributed by atoms with E-state index in [1.807, 2.05) is 13.0 Å². The van der Waals surface area contributed by atoms with E-state index in [9.17, 15) is 4.39 Å². The lowest BCUT2D eigenvalue weighted by molar-refractivity contribution is 0.381. The molecule has 0 saturated carbocycles. The highest BCUT2D eigenvalue weighted by Gasteiger charge is 2.33. The van der Waals surface area contributed by atoms with E-state index in [1.54, 1.807) is 6.07 Å². The van der Waals surface area contributed by atoms with Crippen LogP contribution in [-0.2, 0) is 5.41 Å². The lowest BCUT2D eigenvalue weighted by atomic mass is 9.81. The largest absolute Gasteiger partial charge is 0.305 e. The summed E-state index contributed by atoms with van der Waals surface area (Å²) in [5, 5.41) is 0. The number of nitrogens with zero attached hydrogens (tertiary/aromatic N) is 1. The quantitative estimate of drug-likeness (QED) is 0.684. The minimum atomic E-state index is -0.0803. The highest BCUT2D eigenvalue weighted by molar-refractivity contribution is 5.30. The van der Waals surface area contributed by atoms with Crippen molar-refractivity contribution in [3.05, 3.63) is 35.1 Å². The fraction of sp³-hybridized carbons (Fsp3) is 0.538. The Kier molecular flexibility index (Phi) is 2.55. The predicted molar refractivity (Wildman–Crippen MR) is 60.6 cm³/mol. The first-order valence-electron chi connectivity index (χ1n) is 5.46. The Morgan fingerprint density at radius 3 is 2.67 bits per heavy atom. The number of halogens is 1. The van der Waals surface area contributed by atoms with Gasteiger partial charge in [-0.1, -0.05) is 19.1 Å². The molecule has 1 saturated heterocycles. The Morgan fingerprint density at radius 2 is 2.13 bits per heavy atom. The molecular weight excluding hydrogens is 189 g/mol. The lowest BCUT2D eigenvalue weighted by Gasteiger charge is -2.24. The van der Waals surface area contributed by atoms with Crippen molar-refractivity contribution >= 4 is 0 Å². The summed E-state index contributed by atoms with van der Waals surface area (Å²) in [5.74, 6) is -0.0803. The number of aryl methyl sites for hydroxylation is 1. The van der Waals surface area contributed by atoms with E-state index in [4.69, 9.17) is 0 Å². The molecule has 1 heterocycles. The minimum absolute atomic E-state index is 0.0803. The van der Waals surface area contributed by atoms with E-state index < -0.39 is 0 Å². The highest BCUT2D eigenvalue weighted by atomic mass is 19.1. The number of rotatable bonds is 1. The summed E-state index contributed by atoms with van der Waals surface area (Å²) in [6, 6.07) is 5.65. The molecular formula is C13H18FN. The molecule has 1 unspecified atom stereocenters. The van der Waals surface area contributed by atoms with Gasteiger partial charge in [0.05, 0.1) is 0 Å². The van der Waals surface area contributed by atoms with Crippen LogP contribution in [0.25, 0.3) is 0 Å². The number of likely N-dealkylation sites (tertiary alicyclic amines) is 1. The van der Waals surface area contributed by atoms with Crippen molar-refractivity contribution in [1.82, 2.24) is 4.90 Å². The van der Waals surface area contributed by atoms with Crippen LogP contribution < -0.4 is 0 Å². The van der Waals surface area contributed by atoms with Crippen molar-refractivity contribution in [1.29, 1.82) is 0 Å². The predicted octanol–water partition coefficient (Wildman–Crippen LogP) is 2.73. The van der Waals surface area contributed by atoms with Crippen LogP contribution in [0.3, 0.4) is 0 Å². The summed E-state index contributed by atoms with van der Waals surface area (Å²) in [7, 11) is 2.12. The molecule has 1 aliphatic heterocycles. The molecule has 1 atom stereocenters. The normalized spacial score (nSPS) is 27.2. The molecule has 0 spiro atoms. The van der Waals surface area contributed by atoms with Gasteiger partial charge < -0.3 is 4.90 Å². The molecule has 15 heavy (non-hydrogen) atoms. The summed E-state index contributed by atoms with van der Waals surface area (Å²) < 4.78 is 13.5. The molecule has 2 rings (SSSR count). The van der Waals surface area contributed by atoms with Gasteiger partial charge in [0.2, 0.25) is 0 Å². The molecule has 1 aromatic carbocycles. The third-order valence-electron chi connectivity index (χ3n) is 3.53. The van der Waals surface area contributed by atoms with Gasteiger partial charge in [-0.2, -0.15) is 0 Å². The van der Waals surface area contributed by atoms with Crippen LogP contribution in [-0.4, -0.2) is 25.0 Å². The summed E-state index contributed by atoms with van der Waals surface area (Å²) in [6.45, 7) is 6.16. The van der Waals surface area contributed by atoms with Gasteiger partial charge in [0, 0.05) is 12.0 Å². The Bertz CT molecular complexity index is 375. The van der Waals surface area contributed by atoms with Gasteiger partial charge in [-0.15, -0.1) is 0 Å². The van der Waals surface area contributed by atoms with Gasteiger partial charge in [0.25, 0.3) is 0 Å². The van der Waals surface area contributed by atoms with E-state index in [-0.39, 0.29) is 11.2 Å². The zero-order valence-corrected chi connectivity index (χ0v) is 9.68. The van der Waals surface area contributed by atoms with Crippen LogP contribution in [0.2, 0.25) is 0 Å². The monoisotopic (exact) mass is 207 g/mol. The maximum absolute atomic E-state index is 13.5. The van der Waals surface area contributed by atoms with Gasteiger partial charge in [0.1, 0.15) is 5.82 Å². The summed E-state index contributed by atoms with van der Waals surface area (Å²) in [5.41, 5.74) is 1.99. The van der Waals surface area contributed by atoms with Gasteiger partial charge >= 0.3 is 0 Å². The maximum Gasteiger partial charge on any atom is 0.126 e. The zero-order chi connectivity index (χ0) is 11.1. The fourth-order valence-electron chi connectivity index (χ4n) is 2.40. The molecule has 0 aromatic heterocycles. The van der Waals surface area contributed by atoms with Gasteiger partial charge in [-0.05, 0) is 44.1 Å². The SMILES string of the molecule is Cc1ccc(C2(C)CCN(C)C2)cc1F. The van der Waals surface area contributed by atoms with Gasteiger partial charge in [-0.25, -0.2) is 4.39 Å². The summed E-state index contributed by atoms with van der Waals surface area (Å²) >= 11 is 0. The molecule has 0 bridgehead atoms. The van der Waals surface area contributed by atoms with Crippen molar-refractivity contribution in [2.45, 2.75) is 25.7 Å². The van der Waals surface area contributed by atoms with Crippen molar-refractivity contribution in [3.63, 3.8) is 0 Å². The average molecular weight is 207 g/mol. The number of benzene rings is 1. The van der Waals surface area contributed by atoms with Gasteiger partial charge in [-0.3, -0.25) is 0 Å². The first kappa shape index (κ1) is 10.6. The smallest absolute Gasteiger partial charge is 0.126 e. The molecule has 1 nitrogen and oxygen atoms in total. The topological polar surface area (TPSA) is 3.24 Å². The standard InChI is InChI=1S/C13H18FN/c1-10-4-5-11(8-12(10)14)13(2)6-7-15(3)9-13/h4-5,8H,6-7,9H2,1-3H3. The zero-order valence-electron chi connectivity index (χ0n) is 9.68. The van der Waals surface area contributed by atoms with Crippen LogP contribution >= 0.6 is 0 Å². The summed E-state index contributed by atoms with van der Waals surface area (Å²) in [4.78, 5) is 2.30. The fourth-order valence-corrected chi connectivity index (χ4v) is 2.40. The second kappa shape index (κ2) is 3.60. The molecule has 1 fully saturated rings. The third-order valence-corrected chi connectivity index (χ3v) is 3.53. The van der Waals surface area contributed by atoms with Gasteiger partial charge in [0.15, 0.2) is 0 Å². The van der Waals surface area contributed by atoms with Crippen LogP contribution in [0, 0.1) is 12.7 Å². The number of likely N-dealkylation sites (N-methyl/N-ethyl adjacent to an activating group) is 1. The number of hydrogen-bond donors (Lipinski definition) is 0. The van der Waals surface area contributed by atoms with Crippen molar-refractivity contribution in [2.24, 2.45) is 0 Å². The number of hydrogen-bond acceptors (Lipinski definition) is 1. The molecule has 1 aromatic rings. The van der Waals surface area contributed by atoms with Crippen molar-refractivity contribution < 1.29 is 4.39 Å². The van der Waals surface area contributed by atoms with E-state index in [0.29, 0.717) is 0 Å². The third kappa shape index (κ3) is 1.91. The Labute approximate surface area is 90.9 Å². The van der Waals surface area contributed by atoms with Crippen molar-refractivity contribution in [2.75, 3.05) is 20.1 Å². The molecule has 1 aliphatic rings. The Balaban J connectivity index is 2.33. The minimum Gasteiger partial charge on any atom is -0.305 e. The molecule has 0 aliphatic carbocycles. The molecule has 82 valence electrons. The Morgan fingerprint density at radius 1 is 1.40 bits per heavy atom. The average Bonchev–Trinajstić information content (AvgIpc) is 2.52. The van der Waals surface area contributed by atoms with Crippen LogP contribution in [0.5, 0.6) is 0 Å². The molecule has 0 amide bonds. The molecule has 2 heteroatoms. The van der Waals surface area contributed by atoms with E-state index in [0.717, 1.165) is 30.6 Å². The van der Waals surface area contributed by atoms with Crippen LogP contribution in [0.4, 0.5) is 4.39 Å². The van der Waals surface area contributed by atoms with E-state index >= 15 is 0 Å². The lowest BCUT2D eigenvalue weighted by Crippen LogP contribution is -2.26. The van der Waals surface area contributed by atoms with Crippen LogP contribution in [0.1, 0.15) is 24.5 Å². The molecule has 0 radical (unpaired) electrons. The second-order valence-corrected chi connectivity index (χ2v) is 5.01. The van der Waals surface area contributed by atoms with Crippen LogP contribution in [0.15, 0.2) is 18.2 Å². The maximum atomic E-state index is 13.5. The first-order chi connectivity index (χ1) is 7.01. The van der Waals surface area contributed by atoms with E-state index in [2.05, 4.69) is 24.9 Å². The second-order valence-electron chi connectivity index (χ2n) is 5.01. The van der Waals surface area contributed by atoms with E-state index in [1.165, 1.54) is 0 Å². The Hall–Kier alpha value is -0.890. The van der Waals surface area contributed by atoms with Crippen molar-refractivity contribution in [3.8, 4) is 0 Å². The molecule has 0 N–H and O–H groups in total. The summed E-state index contributed by atoms with van der Waals surface area (Å²) in [6.07, 6.45) is 1.12. The first-order valence-corrected chi connectivity index (χ1v) is 5.46. The highest BCUT2D eigenvalue weighted by Crippen LogP contribution is 2.33.